The lowest BCUT2D eigenvalue weighted by Gasteiger charge is -2.16. The molecule has 0 saturated heterocycles. The summed E-state index contributed by atoms with van der Waals surface area (Å²) >= 11 is 0. The van der Waals surface area contributed by atoms with E-state index in [4.69, 9.17) is 0 Å². The molecule has 3 aromatic rings. The van der Waals surface area contributed by atoms with Crippen molar-refractivity contribution < 1.29 is 18.6 Å². The molecule has 1 heterocycles. The molecule has 0 saturated carbocycles. The molecule has 4 N–H and O–H groups in total. The van der Waals surface area contributed by atoms with Crippen molar-refractivity contribution in [1.29, 1.82) is 0 Å². The zero-order chi connectivity index (χ0) is 22.1. The highest BCUT2D eigenvalue weighted by atomic mass is 19.3. The molecule has 1 atom stereocenters. The largest absolute Gasteiger partial charge is 0.435 e. The molecule has 0 aliphatic rings. The summed E-state index contributed by atoms with van der Waals surface area (Å²) in [6.45, 7) is 0.332. The minimum absolute atomic E-state index is 0.0429. The Morgan fingerprint density at radius 3 is 2.68 bits per heavy atom. The number of benzene rings is 2. The van der Waals surface area contributed by atoms with Gasteiger partial charge in [-0.15, -0.1) is 0 Å². The molecule has 0 spiro atoms. The number of rotatable bonds is 9. The molecule has 8 nitrogen and oxygen atoms in total. The van der Waals surface area contributed by atoms with Crippen molar-refractivity contribution in [2.45, 2.75) is 26.2 Å². The number of aliphatic imine (C=N–C) groups is 1. The molecule has 164 valence electrons. The van der Waals surface area contributed by atoms with Gasteiger partial charge in [-0.3, -0.25) is 5.10 Å². The Kier molecular flexibility index (Phi) is 7.88. The lowest BCUT2D eigenvalue weighted by atomic mass is 10.1. The van der Waals surface area contributed by atoms with Gasteiger partial charge >= 0.3 is 6.61 Å². The second kappa shape index (κ2) is 11.0. The van der Waals surface area contributed by atoms with Crippen molar-refractivity contribution in [3.63, 3.8) is 0 Å². The molecule has 1 unspecified atom stereocenters. The predicted octanol–water partition coefficient (Wildman–Crippen LogP) is 2.86. The number of ether oxygens (including phenoxy) is 1. The van der Waals surface area contributed by atoms with Crippen LogP contribution in [0.5, 0.6) is 5.75 Å². The highest BCUT2D eigenvalue weighted by Gasteiger charge is 2.10. The third-order valence-corrected chi connectivity index (χ3v) is 4.33. The smallest absolute Gasteiger partial charge is 0.387 e. The topological polar surface area (TPSA) is 107 Å². The molecule has 0 aliphatic heterocycles. The van der Waals surface area contributed by atoms with Gasteiger partial charge in [0.25, 0.3) is 0 Å². The zero-order valence-corrected chi connectivity index (χ0v) is 16.9. The fourth-order valence-electron chi connectivity index (χ4n) is 2.86. The maximum absolute atomic E-state index is 12.2. The molecule has 10 heteroatoms. The second-order valence-electron chi connectivity index (χ2n) is 6.57. The number of nitrogens with one attached hydrogen (secondary N) is 3. The first-order valence-corrected chi connectivity index (χ1v) is 9.75. The van der Waals surface area contributed by atoms with Gasteiger partial charge in [0.2, 0.25) is 0 Å². The van der Waals surface area contributed by atoms with Crippen LogP contribution in [0.4, 0.5) is 8.78 Å². The molecular weight excluding hydrogens is 406 g/mol. The van der Waals surface area contributed by atoms with Crippen molar-refractivity contribution in [1.82, 2.24) is 25.8 Å². The van der Waals surface area contributed by atoms with E-state index < -0.39 is 12.7 Å². The first-order valence-electron chi connectivity index (χ1n) is 9.75. The van der Waals surface area contributed by atoms with Gasteiger partial charge in [0, 0.05) is 18.7 Å². The molecule has 0 radical (unpaired) electrons. The summed E-state index contributed by atoms with van der Waals surface area (Å²) in [5.74, 6) is 1.27. The van der Waals surface area contributed by atoms with Crippen LogP contribution in [-0.2, 0) is 6.54 Å². The first-order chi connectivity index (χ1) is 15.0. The van der Waals surface area contributed by atoms with E-state index >= 15 is 0 Å². The lowest BCUT2D eigenvalue weighted by molar-refractivity contribution is -0.0498. The third kappa shape index (κ3) is 6.75. The van der Waals surface area contributed by atoms with E-state index in [0.29, 0.717) is 30.4 Å². The van der Waals surface area contributed by atoms with E-state index in [0.717, 1.165) is 11.1 Å². The number of halogens is 2. The summed E-state index contributed by atoms with van der Waals surface area (Å²) in [6, 6.07) is 13.7. The summed E-state index contributed by atoms with van der Waals surface area (Å²) in [7, 11) is 0. The Labute approximate surface area is 178 Å². The van der Waals surface area contributed by atoms with Gasteiger partial charge in [-0.2, -0.15) is 13.9 Å². The molecule has 0 fully saturated rings. The van der Waals surface area contributed by atoms with E-state index in [2.05, 4.69) is 35.5 Å². The van der Waals surface area contributed by atoms with E-state index in [9.17, 15) is 13.9 Å². The van der Waals surface area contributed by atoms with Gasteiger partial charge in [0.15, 0.2) is 11.8 Å². The number of aliphatic hydroxyl groups is 1. The minimum Gasteiger partial charge on any atom is -0.435 e. The van der Waals surface area contributed by atoms with Crippen molar-refractivity contribution >= 4 is 5.96 Å². The van der Waals surface area contributed by atoms with Crippen LogP contribution in [0.15, 0.2) is 59.9 Å². The molecular formula is C21H24F2N6O2. The maximum Gasteiger partial charge on any atom is 0.387 e. The quantitative estimate of drug-likeness (QED) is 0.307. The number of guanidine groups is 1. The highest BCUT2D eigenvalue weighted by molar-refractivity contribution is 5.79. The standard InChI is InChI=1S/C21H24F2N6O2/c1-2-24-21(25-11-14-4-3-5-16(10-14)19-27-13-28-29-19)26-12-18(30)15-6-8-17(9-7-15)31-20(22)23/h3-10,13,18,20,30H,2,11-12H2,1H3,(H2,24,25,26)(H,27,28,29). The molecule has 2 aromatic carbocycles. The highest BCUT2D eigenvalue weighted by Crippen LogP contribution is 2.19. The van der Waals surface area contributed by atoms with E-state index in [1.54, 1.807) is 12.1 Å². The fourth-order valence-corrected chi connectivity index (χ4v) is 2.86. The van der Waals surface area contributed by atoms with E-state index in [-0.39, 0.29) is 12.3 Å². The van der Waals surface area contributed by atoms with Gasteiger partial charge in [0.1, 0.15) is 12.1 Å². The van der Waals surface area contributed by atoms with Gasteiger partial charge in [-0.1, -0.05) is 30.3 Å². The summed E-state index contributed by atoms with van der Waals surface area (Å²) in [5.41, 5.74) is 2.48. The normalized spacial score (nSPS) is 12.6. The van der Waals surface area contributed by atoms with Crippen molar-refractivity contribution in [3.05, 3.63) is 66.0 Å². The maximum atomic E-state index is 12.2. The van der Waals surface area contributed by atoms with Gasteiger partial charge in [-0.25, -0.2) is 9.98 Å². The average molecular weight is 430 g/mol. The van der Waals surface area contributed by atoms with Crippen LogP contribution in [0.2, 0.25) is 0 Å². The van der Waals surface area contributed by atoms with Crippen LogP contribution in [0, 0.1) is 0 Å². The zero-order valence-electron chi connectivity index (χ0n) is 16.9. The van der Waals surface area contributed by atoms with E-state index in [1.165, 1.54) is 18.5 Å². The average Bonchev–Trinajstić information content (AvgIpc) is 3.31. The van der Waals surface area contributed by atoms with Crippen molar-refractivity contribution in [3.8, 4) is 17.1 Å². The third-order valence-electron chi connectivity index (χ3n) is 4.33. The molecule has 3 rings (SSSR count). The number of nitrogens with zero attached hydrogens (tertiary/aromatic N) is 3. The number of aromatic amines is 1. The summed E-state index contributed by atoms with van der Waals surface area (Å²) in [4.78, 5) is 8.70. The van der Waals surface area contributed by atoms with Crippen LogP contribution >= 0.6 is 0 Å². The summed E-state index contributed by atoms with van der Waals surface area (Å²) in [6.07, 6.45) is 0.608. The number of hydrogen-bond donors (Lipinski definition) is 4. The fraction of sp³-hybridized carbons (Fsp3) is 0.286. The second-order valence-corrected chi connectivity index (χ2v) is 6.57. The van der Waals surface area contributed by atoms with E-state index in [1.807, 2.05) is 31.2 Å². The number of hydrogen-bond acceptors (Lipinski definition) is 5. The molecule has 0 bridgehead atoms. The Hall–Kier alpha value is -3.53. The monoisotopic (exact) mass is 430 g/mol. The lowest BCUT2D eigenvalue weighted by Crippen LogP contribution is -2.39. The molecule has 31 heavy (non-hydrogen) atoms. The van der Waals surface area contributed by atoms with Crippen LogP contribution < -0.4 is 15.4 Å². The van der Waals surface area contributed by atoms with Crippen molar-refractivity contribution in [2.75, 3.05) is 13.1 Å². The predicted molar refractivity (Wildman–Crippen MR) is 113 cm³/mol. The van der Waals surface area contributed by atoms with Crippen LogP contribution in [0.3, 0.4) is 0 Å². The Bertz CT molecular complexity index is 964. The first kappa shape index (κ1) is 22.2. The minimum atomic E-state index is -2.88. The number of alkyl halides is 2. The Balaban J connectivity index is 1.59. The number of aromatic nitrogens is 3. The number of aliphatic hydroxyl groups excluding tert-OH is 1. The van der Waals surface area contributed by atoms with Crippen LogP contribution in [-0.4, -0.2) is 45.9 Å². The van der Waals surface area contributed by atoms with Crippen molar-refractivity contribution in [2.24, 2.45) is 4.99 Å². The Morgan fingerprint density at radius 2 is 2.00 bits per heavy atom. The molecule has 1 aromatic heterocycles. The van der Waals surface area contributed by atoms with Gasteiger partial charge in [-0.05, 0) is 36.2 Å². The molecule has 0 aliphatic carbocycles. The SMILES string of the molecule is CCNC(=NCc1cccc(-c2ncn[nH]2)c1)NCC(O)c1ccc(OC(F)F)cc1. The van der Waals surface area contributed by atoms with Gasteiger partial charge < -0.3 is 20.5 Å². The van der Waals surface area contributed by atoms with Crippen LogP contribution in [0.25, 0.3) is 11.4 Å². The van der Waals surface area contributed by atoms with Crippen LogP contribution in [0.1, 0.15) is 24.2 Å². The molecule has 0 amide bonds. The summed E-state index contributed by atoms with van der Waals surface area (Å²) < 4.78 is 28.8. The summed E-state index contributed by atoms with van der Waals surface area (Å²) in [5, 5.41) is 23.3. The Morgan fingerprint density at radius 1 is 1.19 bits per heavy atom. The van der Waals surface area contributed by atoms with Gasteiger partial charge in [0.05, 0.1) is 12.6 Å². The number of H-pyrrole nitrogens is 1.